The SMILES string of the molecule is CC1Cc2cc(S(=O)(=O)N3CCOCC3c3ncn[nH]3)ccc2O1. The summed E-state index contributed by atoms with van der Waals surface area (Å²) >= 11 is 0. The second kappa shape index (κ2) is 5.83. The monoisotopic (exact) mass is 350 g/mol. The predicted octanol–water partition coefficient (Wildman–Crippen LogP) is 0.890. The molecular formula is C15H18N4O4S. The number of benzene rings is 1. The number of morpholine rings is 1. The molecule has 24 heavy (non-hydrogen) atoms. The normalized spacial score (nSPS) is 24.5. The van der Waals surface area contributed by atoms with Gasteiger partial charge in [0.25, 0.3) is 0 Å². The van der Waals surface area contributed by atoms with Crippen molar-refractivity contribution in [2.45, 2.75) is 30.4 Å². The molecule has 128 valence electrons. The highest BCUT2D eigenvalue weighted by molar-refractivity contribution is 7.89. The van der Waals surface area contributed by atoms with E-state index >= 15 is 0 Å². The number of hydrogen-bond donors (Lipinski definition) is 1. The summed E-state index contributed by atoms with van der Waals surface area (Å²) in [5.41, 5.74) is 0.924. The topological polar surface area (TPSA) is 97.4 Å². The van der Waals surface area contributed by atoms with Crippen LogP contribution in [-0.2, 0) is 21.2 Å². The van der Waals surface area contributed by atoms with Crippen LogP contribution in [0, 0.1) is 0 Å². The maximum atomic E-state index is 13.1. The lowest BCUT2D eigenvalue weighted by Crippen LogP contribution is -2.43. The van der Waals surface area contributed by atoms with Crippen LogP contribution in [0.1, 0.15) is 24.4 Å². The van der Waals surface area contributed by atoms with E-state index < -0.39 is 16.1 Å². The van der Waals surface area contributed by atoms with Crippen LogP contribution < -0.4 is 4.74 Å². The molecule has 2 aromatic rings. The lowest BCUT2D eigenvalue weighted by Gasteiger charge is -2.33. The van der Waals surface area contributed by atoms with E-state index in [1.807, 2.05) is 6.92 Å². The lowest BCUT2D eigenvalue weighted by molar-refractivity contribution is 0.0291. The Morgan fingerprint density at radius 1 is 1.38 bits per heavy atom. The van der Waals surface area contributed by atoms with Crippen LogP contribution in [0.4, 0.5) is 0 Å². The number of aromatic nitrogens is 3. The third kappa shape index (κ3) is 2.58. The van der Waals surface area contributed by atoms with Crippen LogP contribution >= 0.6 is 0 Å². The summed E-state index contributed by atoms with van der Waals surface area (Å²) in [6, 6.07) is 4.53. The molecule has 0 amide bonds. The van der Waals surface area contributed by atoms with Crippen molar-refractivity contribution in [1.82, 2.24) is 19.5 Å². The van der Waals surface area contributed by atoms with Crippen LogP contribution in [0.5, 0.6) is 5.75 Å². The highest BCUT2D eigenvalue weighted by atomic mass is 32.2. The third-order valence-corrected chi connectivity index (χ3v) is 6.21. The smallest absolute Gasteiger partial charge is 0.243 e. The van der Waals surface area contributed by atoms with E-state index in [-0.39, 0.29) is 24.2 Å². The fourth-order valence-electron chi connectivity index (χ4n) is 3.16. The largest absolute Gasteiger partial charge is 0.490 e. The number of ether oxygens (including phenoxy) is 2. The Kier molecular flexibility index (Phi) is 3.78. The van der Waals surface area contributed by atoms with Gasteiger partial charge in [0.15, 0.2) is 0 Å². The van der Waals surface area contributed by atoms with Crippen LogP contribution in [0.25, 0.3) is 0 Å². The molecule has 0 bridgehead atoms. The van der Waals surface area contributed by atoms with Crippen LogP contribution in [0.15, 0.2) is 29.4 Å². The third-order valence-electron chi connectivity index (χ3n) is 4.30. The molecule has 2 aliphatic heterocycles. The molecule has 1 aromatic carbocycles. The average Bonchev–Trinajstić information content (AvgIpc) is 3.22. The number of rotatable bonds is 3. The van der Waals surface area contributed by atoms with Crippen LogP contribution in [-0.4, -0.2) is 53.8 Å². The first-order valence-corrected chi connectivity index (χ1v) is 9.24. The Bertz CT molecular complexity index is 837. The van der Waals surface area contributed by atoms with Crippen LogP contribution in [0.2, 0.25) is 0 Å². The van der Waals surface area contributed by atoms with E-state index in [9.17, 15) is 8.42 Å². The van der Waals surface area contributed by atoms with Gasteiger partial charge in [-0.05, 0) is 30.7 Å². The molecule has 1 saturated heterocycles. The summed E-state index contributed by atoms with van der Waals surface area (Å²) in [6.45, 7) is 2.85. The molecule has 4 rings (SSSR count). The summed E-state index contributed by atoms with van der Waals surface area (Å²) in [5.74, 6) is 1.24. The zero-order valence-electron chi connectivity index (χ0n) is 13.2. The molecule has 2 atom stereocenters. The maximum Gasteiger partial charge on any atom is 0.243 e. The number of fused-ring (bicyclic) bond motifs is 1. The maximum absolute atomic E-state index is 13.1. The van der Waals surface area contributed by atoms with Crippen LogP contribution in [0.3, 0.4) is 0 Å². The Morgan fingerprint density at radius 3 is 3.04 bits per heavy atom. The van der Waals surface area contributed by atoms with Crippen molar-refractivity contribution in [2.75, 3.05) is 19.8 Å². The van der Waals surface area contributed by atoms with Gasteiger partial charge in [-0.2, -0.15) is 9.40 Å². The Labute approximate surface area is 139 Å². The summed E-state index contributed by atoms with van der Waals surface area (Å²) < 4.78 is 38.8. The molecule has 1 N–H and O–H groups in total. The molecule has 9 heteroatoms. The van der Waals surface area contributed by atoms with Gasteiger partial charge >= 0.3 is 0 Å². The molecule has 0 spiro atoms. The first-order chi connectivity index (χ1) is 11.6. The summed E-state index contributed by atoms with van der Waals surface area (Å²) in [4.78, 5) is 4.36. The molecule has 2 aliphatic rings. The summed E-state index contributed by atoms with van der Waals surface area (Å²) in [7, 11) is -3.67. The second-order valence-corrected chi connectivity index (χ2v) is 7.87. The second-order valence-electron chi connectivity index (χ2n) is 5.98. The molecule has 3 heterocycles. The number of aromatic amines is 1. The van der Waals surface area contributed by atoms with Gasteiger partial charge in [0.05, 0.1) is 18.1 Å². The number of sulfonamides is 1. The van der Waals surface area contributed by atoms with Gasteiger partial charge in [-0.3, -0.25) is 5.10 Å². The molecule has 8 nitrogen and oxygen atoms in total. The fourth-order valence-corrected chi connectivity index (χ4v) is 4.77. The number of H-pyrrole nitrogens is 1. The molecule has 2 unspecified atom stereocenters. The lowest BCUT2D eigenvalue weighted by atomic mass is 10.1. The zero-order chi connectivity index (χ0) is 16.7. The van der Waals surface area contributed by atoms with Crippen molar-refractivity contribution in [3.8, 4) is 5.75 Å². The van der Waals surface area contributed by atoms with Crippen molar-refractivity contribution < 1.29 is 17.9 Å². The molecule has 0 aliphatic carbocycles. The minimum Gasteiger partial charge on any atom is -0.490 e. The van der Waals surface area contributed by atoms with E-state index in [4.69, 9.17) is 9.47 Å². The van der Waals surface area contributed by atoms with Gasteiger partial charge in [0.1, 0.15) is 30.0 Å². The minimum absolute atomic E-state index is 0.0725. The Morgan fingerprint density at radius 2 is 2.25 bits per heavy atom. The van der Waals surface area contributed by atoms with Crippen molar-refractivity contribution in [1.29, 1.82) is 0 Å². The van der Waals surface area contributed by atoms with Gasteiger partial charge in [0, 0.05) is 13.0 Å². The molecule has 1 aromatic heterocycles. The molecule has 1 fully saturated rings. The van der Waals surface area contributed by atoms with E-state index in [0.717, 1.165) is 11.3 Å². The zero-order valence-corrected chi connectivity index (χ0v) is 14.0. The van der Waals surface area contributed by atoms with E-state index in [2.05, 4.69) is 15.2 Å². The minimum atomic E-state index is -3.67. The first-order valence-electron chi connectivity index (χ1n) is 7.80. The summed E-state index contributed by atoms with van der Waals surface area (Å²) in [5, 5.41) is 6.55. The Hall–Kier alpha value is -1.97. The molecule has 0 radical (unpaired) electrons. The summed E-state index contributed by atoms with van der Waals surface area (Å²) in [6.07, 6.45) is 2.15. The van der Waals surface area contributed by atoms with Gasteiger partial charge in [0.2, 0.25) is 10.0 Å². The average molecular weight is 350 g/mol. The highest BCUT2D eigenvalue weighted by Crippen LogP contribution is 2.34. The van der Waals surface area contributed by atoms with Gasteiger partial charge in [-0.15, -0.1) is 0 Å². The van der Waals surface area contributed by atoms with Crippen molar-refractivity contribution in [2.24, 2.45) is 0 Å². The highest BCUT2D eigenvalue weighted by Gasteiger charge is 2.37. The van der Waals surface area contributed by atoms with Gasteiger partial charge in [-0.25, -0.2) is 13.4 Å². The number of hydrogen-bond acceptors (Lipinski definition) is 6. The number of nitrogens with one attached hydrogen (secondary N) is 1. The van der Waals surface area contributed by atoms with Gasteiger partial charge < -0.3 is 9.47 Å². The van der Waals surface area contributed by atoms with Crippen molar-refractivity contribution in [3.63, 3.8) is 0 Å². The first kappa shape index (κ1) is 15.6. The standard InChI is InChI=1S/C15H18N4O4S/c1-10-6-11-7-12(2-3-14(11)23-10)24(20,21)19-4-5-22-8-13(19)15-16-9-17-18-15/h2-3,7,9-10,13H,4-6,8H2,1H3,(H,16,17,18). The van der Waals surface area contributed by atoms with E-state index in [0.29, 0.717) is 18.9 Å². The Balaban J connectivity index is 1.70. The van der Waals surface area contributed by atoms with Crippen molar-refractivity contribution in [3.05, 3.63) is 35.9 Å². The molecule has 0 saturated carbocycles. The fraction of sp³-hybridized carbons (Fsp3) is 0.467. The molecular weight excluding hydrogens is 332 g/mol. The van der Waals surface area contributed by atoms with Gasteiger partial charge in [-0.1, -0.05) is 0 Å². The van der Waals surface area contributed by atoms with E-state index in [1.165, 1.54) is 10.6 Å². The number of nitrogens with zero attached hydrogens (tertiary/aromatic N) is 3. The predicted molar refractivity (Wildman–Crippen MR) is 84.1 cm³/mol. The van der Waals surface area contributed by atoms with E-state index in [1.54, 1.807) is 18.2 Å². The quantitative estimate of drug-likeness (QED) is 0.883. The van der Waals surface area contributed by atoms with Crippen molar-refractivity contribution >= 4 is 10.0 Å².